The van der Waals surface area contributed by atoms with Crippen molar-refractivity contribution in [1.29, 1.82) is 0 Å². The van der Waals surface area contributed by atoms with Crippen molar-refractivity contribution in [2.45, 2.75) is 64.5 Å². The second-order valence-electron chi connectivity index (χ2n) is 5.27. The summed E-state index contributed by atoms with van der Waals surface area (Å²) >= 11 is 0. The smallest absolute Gasteiger partial charge is 0.0817 e. The minimum atomic E-state index is -0.352. The van der Waals surface area contributed by atoms with Crippen molar-refractivity contribution in [3.05, 3.63) is 18.0 Å². The minimum absolute atomic E-state index is 0.352. The molecule has 3 heteroatoms. The molecule has 1 aliphatic rings. The second kappa shape index (κ2) is 5.67. The quantitative estimate of drug-likeness (QED) is 0.869. The van der Waals surface area contributed by atoms with E-state index in [0.29, 0.717) is 6.04 Å². The fraction of sp³-hybridized carbons (Fsp3) is 0.786. The van der Waals surface area contributed by atoms with Gasteiger partial charge in [0.05, 0.1) is 18.3 Å². The van der Waals surface area contributed by atoms with Crippen LogP contribution in [0.15, 0.2) is 12.4 Å². The molecule has 0 aliphatic heterocycles. The number of hydrogen-bond acceptors (Lipinski definition) is 2. The summed E-state index contributed by atoms with van der Waals surface area (Å²) in [5.74, 6) is 0.859. The fourth-order valence-corrected chi connectivity index (χ4v) is 2.83. The Morgan fingerprint density at radius 3 is 3.00 bits per heavy atom. The lowest BCUT2D eigenvalue weighted by molar-refractivity contribution is 0.173. The van der Waals surface area contributed by atoms with Gasteiger partial charge in [0.25, 0.3) is 0 Å². The van der Waals surface area contributed by atoms with Gasteiger partial charge in [0.15, 0.2) is 0 Å². The topological polar surface area (TPSA) is 38.0 Å². The van der Waals surface area contributed by atoms with E-state index in [1.165, 1.54) is 32.1 Å². The van der Waals surface area contributed by atoms with E-state index < -0.39 is 0 Å². The van der Waals surface area contributed by atoms with Crippen LogP contribution in [0, 0.1) is 5.92 Å². The molecule has 1 fully saturated rings. The van der Waals surface area contributed by atoms with Gasteiger partial charge in [0.1, 0.15) is 0 Å². The molecule has 1 heterocycles. The van der Waals surface area contributed by atoms with Crippen LogP contribution in [0.2, 0.25) is 0 Å². The predicted octanol–water partition coefficient (Wildman–Crippen LogP) is 3.47. The van der Waals surface area contributed by atoms with Gasteiger partial charge in [-0.15, -0.1) is 0 Å². The van der Waals surface area contributed by atoms with Gasteiger partial charge >= 0.3 is 0 Å². The average Bonchev–Trinajstić information content (AvgIpc) is 2.87. The average molecular weight is 236 g/mol. The van der Waals surface area contributed by atoms with Gasteiger partial charge < -0.3 is 5.11 Å². The van der Waals surface area contributed by atoms with Crippen LogP contribution in [-0.4, -0.2) is 14.9 Å². The Bertz CT molecular complexity index is 348. The molecule has 3 unspecified atom stereocenters. The molecule has 0 saturated heterocycles. The number of aromatic nitrogens is 2. The molecule has 3 nitrogen and oxygen atoms in total. The van der Waals surface area contributed by atoms with Crippen molar-refractivity contribution >= 4 is 0 Å². The first-order valence-corrected chi connectivity index (χ1v) is 6.96. The highest BCUT2D eigenvalue weighted by atomic mass is 16.3. The number of nitrogens with zero attached hydrogens (tertiary/aromatic N) is 2. The molecule has 17 heavy (non-hydrogen) atoms. The van der Waals surface area contributed by atoms with Crippen LogP contribution < -0.4 is 0 Å². The maximum atomic E-state index is 9.79. The second-order valence-corrected chi connectivity index (χ2v) is 5.27. The largest absolute Gasteiger partial charge is 0.388 e. The molecule has 0 bridgehead atoms. The first-order chi connectivity index (χ1) is 8.24. The van der Waals surface area contributed by atoms with Crippen molar-refractivity contribution in [3.63, 3.8) is 0 Å². The number of aliphatic hydroxyl groups is 1. The van der Waals surface area contributed by atoms with Crippen molar-refractivity contribution < 1.29 is 5.11 Å². The van der Waals surface area contributed by atoms with Crippen molar-refractivity contribution in [2.24, 2.45) is 5.92 Å². The van der Waals surface area contributed by atoms with Gasteiger partial charge in [0, 0.05) is 11.8 Å². The van der Waals surface area contributed by atoms with Gasteiger partial charge in [-0.3, -0.25) is 4.68 Å². The maximum Gasteiger partial charge on any atom is 0.0817 e. The van der Waals surface area contributed by atoms with Crippen LogP contribution in [-0.2, 0) is 0 Å². The molecule has 2 rings (SSSR count). The van der Waals surface area contributed by atoms with Crippen molar-refractivity contribution in [1.82, 2.24) is 9.78 Å². The fourth-order valence-electron chi connectivity index (χ4n) is 2.83. The molecule has 96 valence electrons. The SMILES string of the molecule is CCC1CCCC(n2cc(C(O)CC)cn2)C1. The lowest BCUT2D eigenvalue weighted by Crippen LogP contribution is -2.19. The zero-order valence-corrected chi connectivity index (χ0v) is 11.0. The zero-order valence-electron chi connectivity index (χ0n) is 11.0. The third-order valence-corrected chi connectivity index (χ3v) is 4.10. The molecule has 1 N–H and O–H groups in total. The van der Waals surface area contributed by atoms with Crippen LogP contribution in [0.4, 0.5) is 0 Å². The van der Waals surface area contributed by atoms with E-state index in [4.69, 9.17) is 0 Å². The van der Waals surface area contributed by atoms with E-state index in [2.05, 4.69) is 16.7 Å². The summed E-state index contributed by atoms with van der Waals surface area (Å²) in [5, 5.41) is 14.2. The minimum Gasteiger partial charge on any atom is -0.388 e. The first-order valence-electron chi connectivity index (χ1n) is 6.96. The molecule has 0 aromatic carbocycles. The Morgan fingerprint density at radius 1 is 1.47 bits per heavy atom. The van der Waals surface area contributed by atoms with E-state index >= 15 is 0 Å². The third kappa shape index (κ3) is 2.89. The van der Waals surface area contributed by atoms with E-state index in [9.17, 15) is 5.11 Å². The molecular formula is C14H24N2O. The highest BCUT2D eigenvalue weighted by Gasteiger charge is 2.23. The standard InChI is InChI=1S/C14H24N2O/c1-3-11-6-5-7-13(8-11)16-10-12(9-15-16)14(17)4-2/h9-11,13-14,17H,3-8H2,1-2H3. The molecule has 1 saturated carbocycles. The Labute approximate surface area is 104 Å². The van der Waals surface area contributed by atoms with Gasteiger partial charge in [-0.1, -0.05) is 33.1 Å². The monoisotopic (exact) mass is 236 g/mol. The van der Waals surface area contributed by atoms with Crippen molar-refractivity contribution in [2.75, 3.05) is 0 Å². The highest BCUT2D eigenvalue weighted by Crippen LogP contribution is 2.34. The summed E-state index contributed by atoms with van der Waals surface area (Å²) in [7, 11) is 0. The van der Waals surface area contributed by atoms with Gasteiger partial charge in [-0.05, 0) is 25.2 Å². The van der Waals surface area contributed by atoms with Gasteiger partial charge in [0.2, 0.25) is 0 Å². The summed E-state index contributed by atoms with van der Waals surface area (Å²) < 4.78 is 2.08. The number of hydrogen-bond donors (Lipinski definition) is 1. The lowest BCUT2D eigenvalue weighted by Gasteiger charge is -2.28. The van der Waals surface area contributed by atoms with Crippen LogP contribution in [0.1, 0.15) is 70.1 Å². The Morgan fingerprint density at radius 2 is 2.29 bits per heavy atom. The summed E-state index contributed by atoms with van der Waals surface area (Å²) in [6, 6.07) is 0.548. The third-order valence-electron chi connectivity index (χ3n) is 4.10. The predicted molar refractivity (Wildman–Crippen MR) is 68.8 cm³/mol. The molecule has 0 spiro atoms. The van der Waals surface area contributed by atoms with Crippen LogP contribution >= 0.6 is 0 Å². The zero-order chi connectivity index (χ0) is 12.3. The van der Waals surface area contributed by atoms with E-state index in [1.807, 2.05) is 19.3 Å². The van der Waals surface area contributed by atoms with Crippen molar-refractivity contribution in [3.8, 4) is 0 Å². The summed E-state index contributed by atoms with van der Waals surface area (Å²) in [6.07, 6.45) is 10.7. The molecule has 3 atom stereocenters. The normalized spacial score (nSPS) is 27.0. The van der Waals surface area contributed by atoms with Crippen LogP contribution in [0.5, 0.6) is 0 Å². The van der Waals surface area contributed by atoms with Crippen LogP contribution in [0.25, 0.3) is 0 Å². The molecule has 0 radical (unpaired) electrons. The van der Waals surface area contributed by atoms with Gasteiger partial charge in [-0.25, -0.2) is 0 Å². The van der Waals surface area contributed by atoms with E-state index in [1.54, 1.807) is 0 Å². The highest BCUT2D eigenvalue weighted by molar-refractivity contribution is 5.08. The first kappa shape index (κ1) is 12.6. The van der Waals surface area contributed by atoms with E-state index in [0.717, 1.165) is 17.9 Å². The number of aliphatic hydroxyl groups excluding tert-OH is 1. The Balaban J connectivity index is 2.04. The Kier molecular flexibility index (Phi) is 4.21. The van der Waals surface area contributed by atoms with E-state index in [-0.39, 0.29) is 6.10 Å². The molecule has 0 amide bonds. The summed E-state index contributed by atoms with van der Waals surface area (Å²) in [4.78, 5) is 0. The van der Waals surface area contributed by atoms with Crippen LogP contribution in [0.3, 0.4) is 0 Å². The summed E-state index contributed by atoms with van der Waals surface area (Å²) in [6.45, 7) is 4.28. The molecule has 1 aromatic heterocycles. The van der Waals surface area contributed by atoms with Gasteiger partial charge in [-0.2, -0.15) is 5.10 Å². The molecular weight excluding hydrogens is 212 g/mol. The molecule has 1 aliphatic carbocycles. The lowest BCUT2D eigenvalue weighted by atomic mass is 9.84. The molecule has 1 aromatic rings. The maximum absolute atomic E-state index is 9.79. The Hall–Kier alpha value is -0.830. The summed E-state index contributed by atoms with van der Waals surface area (Å²) in [5.41, 5.74) is 0.964. The number of rotatable bonds is 4.